The zero-order valence-corrected chi connectivity index (χ0v) is 7.98. The first kappa shape index (κ1) is 11.4. The molecule has 1 heterocycles. The van der Waals surface area contributed by atoms with Gasteiger partial charge in [-0.15, -0.1) is 0 Å². The lowest BCUT2D eigenvalue weighted by molar-refractivity contribution is -0.137. The molecule has 0 radical (unpaired) electrons. The van der Waals surface area contributed by atoms with Crippen molar-refractivity contribution in [1.82, 2.24) is 9.97 Å². The Hall–Kier alpha value is -2.12. The van der Waals surface area contributed by atoms with Crippen molar-refractivity contribution in [3.63, 3.8) is 0 Å². The fraction of sp³-hybridized carbons (Fsp3) is 0.111. The highest BCUT2D eigenvalue weighted by atomic mass is 19.4. The molecule has 0 bridgehead atoms. The summed E-state index contributed by atoms with van der Waals surface area (Å²) < 4.78 is 50.3. The Balaban J connectivity index is 2.87. The van der Waals surface area contributed by atoms with Crippen molar-refractivity contribution in [2.45, 2.75) is 6.18 Å². The first-order valence-electron chi connectivity index (χ1n) is 4.32. The fourth-order valence-electron chi connectivity index (χ4n) is 1.35. The summed E-state index contributed by atoms with van der Waals surface area (Å²) in [5.41, 5.74) is -4.40. The van der Waals surface area contributed by atoms with E-state index in [-0.39, 0.29) is 6.07 Å². The second-order valence-corrected chi connectivity index (χ2v) is 3.29. The molecule has 0 aliphatic rings. The highest BCUT2D eigenvalue weighted by Crippen LogP contribution is 2.31. The number of aromatic amines is 2. The Labute approximate surface area is 89.9 Å². The summed E-state index contributed by atoms with van der Waals surface area (Å²) >= 11 is 0. The maximum Gasteiger partial charge on any atom is 0.416 e. The molecule has 8 heteroatoms. The summed E-state index contributed by atoms with van der Waals surface area (Å²) in [6.07, 6.45) is -4.73. The van der Waals surface area contributed by atoms with Crippen molar-refractivity contribution < 1.29 is 17.6 Å². The number of halogens is 4. The molecule has 0 aliphatic carbocycles. The van der Waals surface area contributed by atoms with Crippen molar-refractivity contribution in [1.29, 1.82) is 0 Å². The van der Waals surface area contributed by atoms with Gasteiger partial charge < -0.3 is 9.97 Å². The van der Waals surface area contributed by atoms with Crippen LogP contribution in [0.3, 0.4) is 0 Å². The first-order valence-corrected chi connectivity index (χ1v) is 4.32. The third kappa shape index (κ3) is 1.93. The van der Waals surface area contributed by atoms with Crippen molar-refractivity contribution in [3.05, 3.63) is 44.2 Å². The lowest BCUT2D eigenvalue weighted by atomic mass is 10.2. The van der Waals surface area contributed by atoms with E-state index in [9.17, 15) is 27.2 Å². The van der Waals surface area contributed by atoms with Gasteiger partial charge in [0.15, 0.2) is 0 Å². The van der Waals surface area contributed by atoms with Gasteiger partial charge >= 0.3 is 17.3 Å². The van der Waals surface area contributed by atoms with E-state index in [1.165, 1.54) is 0 Å². The molecule has 0 spiro atoms. The van der Waals surface area contributed by atoms with Crippen LogP contribution in [0.25, 0.3) is 11.0 Å². The Kier molecular flexibility index (Phi) is 2.30. The van der Waals surface area contributed by atoms with Gasteiger partial charge in [0.2, 0.25) is 0 Å². The van der Waals surface area contributed by atoms with Crippen LogP contribution in [-0.2, 0) is 6.18 Å². The van der Waals surface area contributed by atoms with Gasteiger partial charge in [-0.2, -0.15) is 13.2 Å². The summed E-state index contributed by atoms with van der Waals surface area (Å²) in [5.74, 6) is -1.26. The van der Waals surface area contributed by atoms with E-state index >= 15 is 0 Å². The Bertz CT molecular complexity index is 699. The fourth-order valence-corrected chi connectivity index (χ4v) is 1.35. The molecule has 2 rings (SSSR count). The Morgan fingerprint density at radius 3 is 2.18 bits per heavy atom. The van der Waals surface area contributed by atoms with Crippen LogP contribution in [0.4, 0.5) is 17.6 Å². The topological polar surface area (TPSA) is 65.7 Å². The zero-order valence-electron chi connectivity index (χ0n) is 7.98. The molecule has 0 amide bonds. The first-order chi connectivity index (χ1) is 7.79. The monoisotopic (exact) mass is 248 g/mol. The number of fused-ring (bicyclic) bond motifs is 1. The predicted molar refractivity (Wildman–Crippen MR) is 50.1 cm³/mol. The van der Waals surface area contributed by atoms with E-state index in [0.717, 1.165) is 0 Å². The largest absolute Gasteiger partial charge is 0.416 e. The number of H-pyrrole nitrogens is 2. The molecular weight excluding hydrogens is 244 g/mol. The van der Waals surface area contributed by atoms with Gasteiger partial charge in [-0.3, -0.25) is 9.59 Å². The van der Waals surface area contributed by atoms with E-state index < -0.39 is 39.7 Å². The average Bonchev–Trinajstić information content (AvgIpc) is 2.19. The summed E-state index contributed by atoms with van der Waals surface area (Å²) in [4.78, 5) is 25.5. The molecule has 0 fully saturated rings. The lowest BCUT2D eigenvalue weighted by Gasteiger charge is -2.08. The minimum absolute atomic E-state index is 0.247. The average molecular weight is 248 g/mol. The minimum Gasteiger partial charge on any atom is -0.316 e. The summed E-state index contributed by atoms with van der Waals surface area (Å²) in [6.45, 7) is 0. The van der Waals surface area contributed by atoms with Crippen LogP contribution in [0, 0.1) is 5.82 Å². The highest BCUT2D eigenvalue weighted by Gasteiger charge is 2.31. The molecule has 0 atom stereocenters. The molecular formula is C9H4F4N2O2. The molecule has 4 nitrogen and oxygen atoms in total. The van der Waals surface area contributed by atoms with E-state index in [4.69, 9.17) is 0 Å². The minimum atomic E-state index is -4.73. The maximum atomic E-state index is 13.3. The van der Waals surface area contributed by atoms with Crippen LogP contribution in [0.5, 0.6) is 0 Å². The van der Waals surface area contributed by atoms with Crippen LogP contribution in [0.1, 0.15) is 5.56 Å². The molecule has 0 saturated carbocycles. The predicted octanol–water partition coefficient (Wildman–Crippen LogP) is 1.37. The third-order valence-corrected chi connectivity index (χ3v) is 2.11. The Morgan fingerprint density at radius 2 is 1.59 bits per heavy atom. The van der Waals surface area contributed by atoms with E-state index in [2.05, 4.69) is 0 Å². The van der Waals surface area contributed by atoms with Gasteiger partial charge in [0.25, 0.3) is 0 Å². The highest BCUT2D eigenvalue weighted by molar-refractivity contribution is 5.75. The number of nitrogens with one attached hydrogen (secondary N) is 2. The molecule has 1 aromatic carbocycles. The molecule has 2 N–H and O–H groups in total. The molecule has 2 aromatic rings. The zero-order chi connectivity index (χ0) is 12.8. The van der Waals surface area contributed by atoms with Crippen LogP contribution in [0.2, 0.25) is 0 Å². The van der Waals surface area contributed by atoms with E-state index in [1.54, 1.807) is 0 Å². The normalized spacial score (nSPS) is 12.0. The molecule has 0 saturated heterocycles. The van der Waals surface area contributed by atoms with Gasteiger partial charge in [0.05, 0.1) is 11.1 Å². The SMILES string of the molecule is O=c1[nH]c2cc(C(F)(F)F)cc(F)c2[nH]c1=O. The van der Waals surface area contributed by atoms with Crippen LogP contribution >= 0.6 is 0 Å². The van der Waals surface area contributed by atoms with Gasteiger partial charge in [-0.05, 0) is 12.1 Å². The summed E-state index contributed by atoms with van der Waals surface area (Å²) in [6, 6.07) is 0.798. The molecule has 1 aromatic heterocycles. The summed E-state index contributed by atoms with van der Waals surface area (Å²) in [7, 11) is 0. The van der Waals surface area contributed by atoms with Crippen LogP contribution < -0.4 is 11.1 Å². The number of hydrogen-bond acceptors (Lipinski definition) is 2. The molecule has 0 aliphatic heterocycles. The van der Waals surface area contributed by atoms with Crippen molar-refractivity contribution in [2.75, 3.05) is 0 Å². The number of alkyl halides is 3. The van der Waals surface area contributed by atoms with E-state index in [1.807, 2.05) is 9.97 Å². The van der Waals surface area contributed by atoms with Crippen molar-refractivity contribution in [3.8, 4) is 0 Å². The quantitative estimate of drug-likeness (QED) is 0.546. The number of hydrogen-bond donors (Lipinski definition) is 2. The van der Waals surface area contributed by atoms with Gasteiger partial charge in [0, 0.05) is 0 Å². The molecule has 17 heavy (non-hydrogen) atoms. The summed E-state index contributed by atoms with van der Waals surface area (Å²) in [5, 5.41) is 0. The van der Waals surface area contributed by atoms with Crippen LogP contribution in [-0.4, -0.2) is 9.97 Å². The smallest absolute Gasteiger partial charge is 0.316 e. The second kappa shape index (κ2) is 3.44. The number of aromatic nitrogens is 2. The van der Waals surface area contributed by atoms with E-state index in [0.29, 0.717) is 6.07 Å². The molecule has 0 unspecified atom stereocenters. The number of rotatable bonds is 0. The van der Waals surface area contributed by atoms with Crippen molar-refractivity contribution in [2.24, 2.45) is 0 Å². The Morgan fingerprint density at radius 1 is 1.00 bits per heavy atom. The lowest BCUT2D eigenvalue weighted by Crippen LogP contribution is -2.29. The number of benzene rings is 1. The molecule has 90 valence electrons. The maximum absolute atomic E-state index is 13.3. The van der Waals surface area contributed by atoms with Gasteiger partial charge in [-0.25, -0.2) is 4.39 Å². The van der Waals surface area contributed by atoms with Gasteiger partial charge in [-0.1, -0.05) is 0 Å². The second-order valence-electron chi connectivity index (χ2n) is 3.29. The van der Waals surface area contributed by atoms with Crippen LogP contribution in [0.15, 0.2) is 21.7 Å². The van der Waals surface area contributed by atoms with Gasteiger partial charge in [0.1, 0.15) is 11.3 Å². The standard InChI is InChI=1S/C9H4F4N2O2/c10-4-1-3(9(11,12)13)2-5-6(4)15-8(17)7(16)14-5/h1-2H,(H,14,16)(H,15,17). The third-order valence-electron chi connectivity index (χ3n) is 2.11. The van der Waals surface area contributed by atoms with Crippen molar-refractivity contribution >= 4 is 11.0 Å².